The number of morpholine rings is 1. The Bertz CT molecular complexity index is 1440. The summed E-state index contributed by atoms with van der Waals surface area (Å²) < 4.78 is 5.70. The molecule has 4 aromatic rings. The van der Waals surface area contributed by atoms with Crippen molar-refractivity contribution in [2.45, 2.75) is 25.9 Å². The zero-order valence-electron chi connectivity index (χ0n) is 20.6. The van der Waals surface area contributed by atoms with Crippen LogP contribution < -0.4 is 20.7 Å². The van der Waals surface area contributed by atoms with Gasteiger partial charge in [0.2, 0.25) is 11.5 Å². The van der Waals surface area contributed by atoms with Gasteiger partial charge in [0.25, 0.3) is 0 Å². The maximum absolute atomic E-state index is 11.6. The number of nitrogens with zero attached hydrogens (tertiary/aromatic N) is 6. The van der Waals surface area contributed by atoms with Gasteiger partial charge in [0, 0.05) is 48.4 Å². The fraction of sp³-hybridized carbons (Fsp3) is 0.296. The molecule has 3 aromatic heterocycles. The highest BCUT2D eigenvalue weighted by atomic mass is 16.5. The van der Waals surface area contributed by atoms with Crippen molar-refractivity contribution < 1.29 is 4.74 Å². The zero-order valence-corrected chi connectivity index (χ0v) is 20.6. The Labute approximate surface area is 214 Å². The maximum Gasteiger partial charge on any atom is 0.249 e. The van der Waals surface area contributed by atoms with E-state index in [-0.39, 0.29) is 11.6 Å². The summed E-state index contributed by atoms with van der Waals surface area (Å²) in [6.45, 7) is 5.78. The zero-order chi connectivity index (χ0) is 25.2. The molecule has 10 heteroatoms. The normalized spacial score (nSPS) is 17.4. The maximum atomic E-state index is 11.6. The standard InChI is InChI=1S/C27H28N8O2/c1-18-17-37-15-14-35(18)26-21-10-13-34(27-28-11-3-12-29-27)16-22(21)31-25(33-26)19-6-8-20(9-7-19)30-23-4-2-5-24(36)32-23/h2-9,11-12,18H,10,13-17H2,1H3,(H2,30,32,36)/t18-/m0/s1. The molecular formula is C27H28N8O2. The van der Waals surface area contributed by atoms with E-state index in [4.69, 9.17) is 14.7 Å². The van der Waals surface area contributed by atoms with E-state index in [0.29, 0.717) is 37.3 Å². The lowest BCUT2D eigenvalue weighted by molar-refractivity contribution is 0.0984. The van der Waals surface area contributed by atoms with Gasteiger partial charge < -0.3 is 24.8 Å². The molecule has 0 radical (unpaired) electrons. The molecule has 188 valence electrons. The minimum atomic E-state index is -0.149. The molecule has 0 unspecified atom stereocenters. The first-order valence-corrected chi connectivity index (χ1v) is 12.5. The molecule has 2 N–H and O–H groups in total. The quantitative estimate of drug-likeness (QED) is 0.430. The van der Waals surface area contributed by atoms with E-state index in [2.05, 4.69) is 37.0 Å². The molecule has 2 aliphatic heterocycles. The van der Waals surface area contributed by atoms with Crippen molar-refractivity contribution in [2.75, 3.05) is 41.4 Å². The topological polar surface area (TPSA) is 112 Å². The highest BCUT2D eigenvalue weighted by Gasteiger charge is 2.29. The molecular weight excluding hydrogens is 468 g/mol. The predicted molar refractivity (Wildman–Crippen MR) is 142 cm³/mol. The Balaban J connectivity index is 1.35. The predicted octanol–water partition coefficient (Wildman–Crippen LogP) is 3.15. The molecule has 0 aliphatic carbocycles. The van der Waals surface area contributed by atoms with Gasteiger partial charge in [-0.3, -0.25) is 4.79 Å². The third-order valence-electron chi connectivity index (χ3n) is 6.71. The van der Waals surface area contributed by atoms with Gasteiger partial charge in [-0.25, -0.2) is 19.9 Å². The summed E-state index contributed by atoms with van der Waals surface area (Å²) in [6, 6.07) is 15.0. The van der Waals surface area contributed by atoms with Gasteiger partial charge in [-0.2, -0.15) is 0 Å². The van der Waals surface area contributed by atoms with E-state index in [1.807, 2.05) is 36.4 Å². The SMILES string of the molecule is C[C@H]1COCCN1c1nc(-c2ccc(Nc3cccc(=O)[nH]3)cc2)nc2c1CCN(c1ncccn1)C2. The molecule has 2 aliphatic rings. The smallest absolute Gasteiger partial charge is 0.249 e. The number of aromatic nitrogens is 5. The van der Waals surface area contributed by atoms with Crippen LogP contribution in [0.2, 0.25) is 0 Å². The Kier molecular flexibility index (Phi) is 6.23. The van der Waals surface area contributed by atoms with E-state index in [1.54, 1.807) is 18.5 Å². The summed E-state index contributed by atoms with van der Waals surface area (Å²) in [6.07, 6.45) is 4.36. The van der Waals surface area contributed by atoms with Crippen LogP contribution in [0.15, 0.2) is 65.7 Å². The second kappa shape index (κ2) is 9.98. The van der Waals surface area contributed by atoms with Crippen LogP contribution >= 0.6 is 0 Å². The van der Waals surface area contributed by atoms with Crippen molar-refractivity contribution in [2.24, 2.45) is 0 Å². The van der Waals surface area contributed by atoms with E-state index in [9.17, 15) is 4.79 Å². The fourth-order valence-electron chi connectivity index (χ4n) is 4.82. The third-order valence-corrected chi connectivity index (χ3v) is 6.71. The van der Waals surface area contributed by atoms with Gasteiger partial charge in [0.15, 0.2) is 5.82 Å². The number of fused-ring (bicyclic) bond motifs is 1. The molecule has 0 amide bonds. The van der Waals surface area contributed by atoms with Crippen molar-refractivity contribution in [3.8, 4) is 11.4 Å². The van der Waals surface area contributed by atoms with Crippen LogP contribution in [0.1, 0.15) is 18.2 Å². The van der Waals surface area contributed by atoms with Gasteiger partial charge in [-0.15, -0.1) is 0 Å². The van der Waals surface area contributed by atoms with Crippen LogP contribution in [0.4, 0.5) is 23.3 Å². The molecule has 1 aromatic carbocycles. The molecule has 0 saturated carbocycles. The lowest BCUT2D eigenvalue weighted by atomic mass is 10.0. The number of aromatic amines is 1. The first kappa shape index (κ1) is 23.1. The molecule has 1 atom stereocenters. The minimum Gasteiger partial charge on any atom is -0.377 e. The highest BCUT2D eigenvalue weighted by Crippen LogP contribution is 2.32. The molecule has 1 fully saturated rings. The van der Waals surface area contributed by atoms with E-state index in [1.165, 1.54) is 11.6 Å². The largest absolute Gasteiger partial charge is 0.377 e. The average molecular weight is 497 g/mol. The summed E-state index contributed by atoms with van der Waals surface area (Å²) in [5, 5.41) is 3.23. The second-order valence-electron chi connectivity index (χ2n) is 9.26. The van der Waals surface area contributed by atoms with E-state index >= 15 is 0 Å². The van der Waals surface area contributed by atoms with Gasteiger partial charge >= 0.3 is 0 Å². The Morgan fingerprint density at radius 3 is 2.65 bits per heavy atom. The van der Waals surface area contributed by atoms with Crippen molar-refractivity contribution in [3.63, 3.8) is 0 Å². The number of hydrogen-bond acceptors (Lipinski definition) is 9. The van der Waals surface area contributed by atoms with Crippen LogP contribution in [-0.2, 0) is 17.7 Å². The van der Waals surface area contributed by atoms with Crippen LogP contribution in [0.25, 0.3) is 11.4 Å². The summed E-state index contributed by atoms with van der Waals surface area (Å²) in [4.78, 5) is 37.9. The number of anilines is 4. The Morgan fingerprint density at radius 1 is 1.03 bits per heavy atom. The molecule has 0 spiro atoms. The minimum absolute atomic E-state index is 0.149. The summed E-state index contributed by atoms with van der Waals surface area (Å²) in [5.41, 5.74) is 3.82. The van der Waals surface area contributed by atoms with Crippen LogP contribution in [0.3, 0.4) is 0 Å². The number of benzene rings is 1. The fourth-order valence-corrected chi connectivity index (χ4v) is 4.82. The van der Waals surface area contributed by atoms with Crippen molar-refractivity contribution in [3.05, 3.63) is 82.5 Å². The lowest BCUT2D eigenvalue weighted by Gasteiger charge is -2.37. The van der Waals surface area contributed by atoms with Crippen molar-refractivity contribution in [1.29, 1.82) is 0 Å². The molecule has 0 bridgehead atoms. The van der Waals surface area contributed by atoms with Crippen molar-refractivity contribution in [1.82, 2.24) is 24.9 Å². The molecule has 10 nitrogen and oxygen atoms in total. The Hall–Kier alpha value is -4.31. The molecule has 1 saturated heterocycles. The van der Waals surface area contributed by atoms with Gasteiger partial charge in [0.1, 0.15) is 11.6 Å². The molecule has 37 heavy (non-hydrogen) atoms. The van der Waals surface area contributed by atoms with Gasteiger partial charge in [0.05, 0.1) is 31.5 Å². The average Bonchev–Trinajstić information content (AvgIpc) is 2.93. The Morgan fingerprint density at radius 2 is 1.86 bits per heavy atom. The number of hydrogen-bond donors (Lipinski definition) is 2. The number of pyridine rings is 1. The highest BCUT2D eigenvalue weighted by molar-refractivity contribution is 5.66. The molecule has 5 heterocycles. The summed E-state index contributed by atoms with van der Waals surface area (Å²) >= 11 is 0. The third kappa shape index (κ3) is 4.88. The van der Waals surface area contributed by atoms with E-state index < -0.39 is 0 Å². The van der Waals surface area contributed by atoms with Crippen LogP contribution in [0, 0.1) is 0 Å². The number of ether oxygens (including phenoxy) is 1. The van der Waals surface area contributed by atoms with Crippen LogP contribution in [0.5, 0.6) is 0 Å². The molecule has 6 rings (SSSR count). The van der Waals surface area contributed by atoms with Gasteiger partial charge in [-0.05, 0) is 49.7 Å². The lowest BCUT2D eigenvalue weighted by Crippen LogP contribution is -2.45. The van der Waals surface area contributed by atoms with Crippen molar-refractivity contribution >= 4 is 23.3 Å². The number of H-pyrrole nitrogens is 1. The first-order chi connectivity index (χ1) is 18.1. The van der Waals surface area contributed by atoms with Gasteiger partial charge in [-0.1, -0.05) is 6.07 Å². The number of nitrogens with one attached hydrogen (secondary N) is 2. The number of rotatable bonds is 5. The monoisotopic (exact) mass is 496 g/mol. The summed E-state index contributed by atoms with van der Waals surface area (Å²) in [5.74, 6) is 3.03. The van der Waals surface area contributed by atoms with Crippen LogP contribution in [-0.4, -0.2) is 57.3 Å². The van der Waals surface area contributed by atoms with E-state index in [0.717, 1.165) is 42.3 Å². The first-order valence-electron chi connectivity index (χ1n) is 12.5. The second-order valence-corrected chi connectivity index (χ2v) is 9.26. The summed E-state index contributed by atoms with van der Waals surface area (Å²) in [7, 11) is 0.